The van der Waals surface area contributed by atoms with E-state index in [1.807, 2.05) is 0 Å². The first-order valence-corrected chi connectivity index (χ1v) is 11.1. The van der Waals surface area contributed by atoms with Crippen molar-refractivity contribution in [2.45, 2.75) is 23.9 Å². The second kappa shape index (κ2) is 9.71. The van der Waals surface area contributed by atoms with Gasteiger partial charge in [0, 0.05) is 50.3 Å². The molecule has 9 nitrogen and oxygen atoms in total. The summed E-state index contributed by atoms with van der Waals surface area (Å²) in [6.07, 6.45) is -9.00. The molecule has 1 aliphatic heterocycles. The van der Waals surface area contributed by atoms with Crippen LogP contribution in [0.15, 0.2) is 35.6 Å². The van der Waals surface area contributed by atoms with Gasteiger partial charge in [-0.3, -0.25) is 9.69 Å². The number of nitrogens with zero attached hydrogens (tertiary/aromatic N) is 4. The smallest absolute Gasteiger partial charge is 0.353 e. The summed E-state index contributed by atoms with van der Waals surface area (Å²) in [6.45, 7) is -0.540. The van der Waals surface area contributed by atoms with Gasteiger partial charge in [0.15, 0.2) is 5.03 Å². The van der Waals surface area contributed by atoms with Crippen molar-refractivity contribution in [3.8, 4) is 0 Å². The number of amides is 1. The summed E-state index contributed by atoms with van der Waals surface area (Å²) in [5.41, 5.74) is -1.85. The van der Waals surface area contributed by atoms with Crippen LogP contribution in [0, 0.1) is 0 Å². The van der Waals surface area contributed by atoms with Crippen molar-refractivity contribution in [2.75, 3.05) is 36.4 Å². The Morgan fingerprint density at radius 3 is 2.29 bits per heavy atom. The highest BCUT2D eigenvalue weighted by Gasteiger charge is 2.35. The molecule has 1 saturated heterocycles. The van der Waals surface area contributed by atoms with Crippen molar-refractivity contribution >= 4 is 27.4 Å². The van der Waals surface area contributed by atoms with Crippen LogP contribution in [0.5, 0.6) is 0 Å². The summed E-state index contributed by atoms with van der Waals surface area (Å²) in [4.78, 5) is 22.4. The van der Waals surface area contributed by atoms with Crippen molar-refractivity contribution < 1.29 is 39.6 Å². The van der Waals surface area contributed by atoms with Gasteiger partial charge in [-0.25, -0.2) is 36.7 Å². The molecule has 1 amide bonds. The second-order valence-corrected chi connectivity index (χ2v) is 8.71. The monoisotopic (exact) mass is 512 g/mol. The maximum Gasteiger partial charge on any atom is 0.417 e. The number of pyridine rings is 2. The van der Waals surface area contributed by atoms with Gasteiger partial charge in [0.05, 0.1) is 11.1 Å². The molecule has 16 heteroatoms. The van der Waals surface area contributed by atoms with E-state index < -0.39 is 51.0 Å². The zero-order chi connectivity index (χ0) is 25.3. The fourth-order valence-corrected chi connectivity index (χ4v) is 3.71. The average Bonchev–Trinajstić information content (AvgIpc) is 2.77. The number of sulfonamides is 1. The van der Waals surface area contributed by atoms with Crippen LogP contribution >= 0.6 is 0 Å². The molecule has 1 unspecified atom stereocenters. The summed E-state index contributed by atoms with van der Waals surface area (Å²) in [6, 6.07) is 2.67. The predicted octanol–water partition coefficient (Wildman–Crippen LogP) is 2.08. The average molecular weight is 512 g/mol. The number of rotatable bonds is 6. The molecule has 2 aromatic heterocycles. The number of hydrogen-bond acceptors (Lipinski definition) is 7. The molecular formula is C18H18F6N6O3S. The molecule has 3 heterocycles. The number of anilines is 2. The zero-order valence-electron chi connectivity index (χ0n) is 17.1. The van der Waals surface area contributed by atoms with Crippen molar-refractivity contribution in [1.82, 2.24) is 14.9 Å². The molecule has 1 aliphatic rings. The van der Waals surface area contributed by atoms with E-state index in [9.17, 15) is 39.6 Å². The first kappa shape index (κ1) is 25.6. The molecule has 2 aromatic rings. The van der Waals surface area contributed by atoms with Crippen molar-refractivity contribution in [3.63, 3.8) is 0 Å². The van der Waals surface area contributed by atoms with Crippen molar-refractivity contribution in [2.24, 2.45) is 5.14 Å². The molecule has 0 aromatic carbocycles. The summed E-state index contributed by atoms with van der Waals surface area (Å²) in [5.74, 6) is -1.24. The number of primary sulfonamides is 1. The standard InChI is InChI=1S/C18H18F6N6O3S/c19-14(20)15(21)29-3-5-30(6-4-29)16-12(7-10(9-27-16)18(22,23)24)17(31)28-11-1-2-26-13(8-11)34(25,32)33/h1-2,7-9,14-15H,3-6H2,(H2,25,32,33)(H,26,28,31). The number of carbonyl (C=O) groups excluding carboxylic acids is 1. The topological polar surface area (TPSA) is 122 Å². The van der Waals surface area contributed by atoms with Gasteiger partial charge >= 0.3 is 6.18 Å². The summed E-state index contributed by atoms with van der Waals surface area (Å²) in [7, 11) is -4.22. The largest absolute Gasteiger partial charge is 0.417 e. The Morgan fingerprint density at radius 2 is 1.74 bits per heavy atom. The zero-order valence-corrected chi connectivity index (χ0v) is 18.0. The van der Waals surface area contributed by atoms with E-state index in [4.69, 9.17) is 5.14 Å². The number of piperazine rings is 1. The third-order valence-electron chi connectivity index (χ3n) is 4.89. The Bertz CT molecular complexity index is 1160. The van der Waals surface area contributed by atoms with Crippen LogP contribution in [0.4, 0.5) is 37.8 Å². The Hall–Kier alpha value is -2.98. The molecule has 0 aliphatic carbocycles. The lowest BCUT2D eigenvalue weighted by molar-refractivity contribution is -0.137. The Kier molecular flexibility index (Phi) is 7.32. The highest BCUT2D eigenvalue weighted by atomic mass is 32.2. The van der Waals surface area contributed by atoms with Gasteiger partial charge in [-0.2, -0.15) is 13.2 Å². The second-order valence-electron chi connectivity index (χ2n) is 7.20. The third kappa shape index (κ3) is 5.92. The van der Waals surface area contributed by atoms with Crippen LogP contribution in [0.1, 0.15) is 15.9 Å². The maximum atomic E-state index is 13.6. The normalized spacial score (nSPS) is 16.5. The number of carbonyl (C=O) groups is 1. The summed E-state index contributed by atoms with van der Waals surface area (Å²) < 4.78 is 101. The number of hydrogen-bond donors (Lipinski definition) is 2. The molecule has 0 radical (unpaired) electrons. The first-order valence-electron chi connectivity index (χ1n) is 9.56. The lowest BCUT2D eigenvalue weighted by Gasteiger charge is -2.37. The van der Waals surface area contributed by atoms with E-state index >= 15 is 0 Å². The number of halogens is 6. The summed E-state index contributed by atoms with van der Waals surface area (Å²) >= 11 is 0. The minimum atomic E-state index is -4.82. The highest BCUT2D eigenvalue weighted by molar-refractivity contribution is 7.89. The van der Waals surface area contributed by atoms with Gasteiger partial charge in [-0.05, 0) is 12.1 Å². The molecule has 0 bridgehead atoms. The molecule has 0 saturated carbocycles. The quantitative estimate of drug-likeness (QED) is 0.449. The van der Waals surface area contributed by atoms with Gasteiger partial charge < -0.3 is 10.2 Å². The molecule has 0 spiro atoms. The van der Waals surface area contributed by atoms with Gasteiger partial charge in [-0.15, -0.1) is 0 Å². The van der Waals surface area contributed by atoms with Gasteiger partial charge in [0.25, 0.3) is 22.4 Å². The molecule has 34 heavy (non-hydrogen) atoms. The van der Waals surface area contributed by atoms with Crippen molar-refractivity contribution in [1.29, 1.82) is 0 Å². The van der Waals surface area contributed by atoms with E-state index in [0.717, 1.165) is 17.2 Å². The molecule has 3 N–H and O–H groups in total. The SMILES string of the molecule is NS(=O)(=O)c1cc(NC(=O)c2cc(C(F)(F)F)cnc2N2CCN(C(F)C(F)F)CC2)ccn1. The van der Waals surface area contributed by atoms with E-state index in [1.165, 1.54) is 11.0 Å². The van der Waals surface area contributed by atoms with Crippen LogP contribution in [-0.4, -0.2) is 68.1 Å². The first-order chi connectivity index (χ1) is 15.8. The Morgan fingerprint density at radius 1 is 1.09 bits per heavy atom. The van der Waals surface area contributed by atoms with Crippen LogP contribution in [0.3, 0.4) is 0 Å². The number of nitrogens with one attached hydrogen (secondary N) is 1. The molecule has 1 fully saturated rings. The Labute approximate surface area is 189 Å². The van der Waals surface area contributed by atoms with E-state index in [2.05, 4.69) is 15.3 Å². The number of alkyl halides is 6. The highest BCUT2D eigenvalue weighted by Crippen LogP contribution is 2.32. The van der Waals surface area contributed by atoms with Crippen LogP contribution in [0.25, 0.3) is 0 Å². The number of nitrogens with two attached hydrogens (primary N) is 1. The van der Waals surface area contributed by atoms with Gasteiger partial charge in [-0.1, -0.05) is 0 Å². The van der Waals surface area contributed by atoms with Gasteiger partial charge in [0.2, 0.25) is 6.30 Å². The minimum Gasteiger partial charge on any atom is -0.353 e. The molecule has 1 atom stereocenters. The van der Waals surface area contributed by atoms with E-state index in [-0.39, 0.29) is 37.7 Å². The van der Waals surface area contributed by atoms with Crippen LogP contribution < -0.4 is 15.4 Å². The molecule has 186 valence electrons. The summed E-state index contributed by atoms with van der Waals surface area (Å²) in [5, 5.41) is 6.67. The predicted molar refractivity (Wildman–Crippen MR) is 107 cm³/mol. The Balaban J connectivity index is 1.90. The third-order valence-corrected chi connectivity index (χ3v) is 5.70. The van der Waals surface area contributed by atoms with Crippen LogP contribution in [-0.2, 0) is 16.2 Å². The van der Waals surface area contributed by atoms with Crippen LogP contribution in [0.2, 0.25) is 0 Å². The fraction of sp³-hybridized carbons (Fsp3) is 0.389. The maximum absolute atomic E-state index is 13.6. The van der Waals surface area contributed by atoms with Gasteiger partial charge in [0.1, 0.15) is 5.82 Å². The fourth-order valence-electron chi connectivity index (χ4n) is 3.21. The van der Waals surface area contributed by atoms with E-state index in [1.54, 1.807) is 0 Å². The van der Waals surface area contributed by atoms with Crippen molar-refractivity contribution in [3.05, 3.63) is 41.7 Å². The molecular weight excluding hydrogens is 494 g/mol. The minimum absolute atomic E-state index is 0.0867. The molecule has 3 rings (SSSR count). The number of aromatic nitrogens is 2. The van der Waals surface area contributed by atoms with E-state index in [0.29, 0.717) is 12.3 Å². The lowest BCUT2D eigenvalue weighted by atomic mass is 10.1. The lowest BCUT2D eigenvalue weighted by Crippen LogP contribution is -2.51.